The number of carbonyl (C=O) groups is 2. The molecule has 8 heteroatoms. The average Bonchev–Trinajstić information content (AvgIpc) is 2.79. The van der Waals surface area contributed by atoms with Crippen LogP contribution in [-0.2, 0) is 4.79 Å². The van der Waals surface area contributed by atoms with Crippen molar-refractivity contribution in [2.75, 3.05) is 19.0 Å². The summed E-state index contributed by atoms with van der Waals surface area (Å²) in [5.74, 6) is -0.121. The first kappa shape index (κ1) is 21.5. The van der Waals surface area contributed by atoms with E-state index in [2.05, 4.69) is 15.8 Å². The van der Waals surface area contributed by atoms with Crippen LogP contribution >= 0.6 is 0 Å². The zero-order valence-electron chi connectivity index (χ0n) is 16.7. The van der Waals surface area contributed by atoms with Gasteiger partial charge in [0.1, 0.15) is 17.3 Å². The number of nitrogens with one attached hydrogen (secondary N) is 2. The normalized spacial score (nSPS) is 10.5. The van der Waals surface area contributed by atoms with Gasteiger partial charge in [0.05, 0.1) is 19.0 Å². The second kappa shape index (κ2) is 10.5. The van der Waals surface area contributed by atoms with Crippen LogP contribution in [0.4, 0.5) is 10.1 Å². The average molecular weight is 421 g/mol. The highest BCUT2D eigenvalue weighted by atomic mass is 19.1. The second-order valence-corrected chi connectivity index (χ2v) is 6.31. The quantitative estimate of drug-likeness (QED) is 0.430. The molecule has 0 bridgehead atoms. The van der Waals surface area contributed by atoms with Crippen LogP contribution < -0.4 is 20.2 Å². The number of benzene rings is 3. The summed E-state index contributed by atoms with van der Waals surface area (Å²) in [4.78, 5) is 24.0. The molecule has 0 saturated carbocycles. The maximum Gasteiger partial charge on any atom is 0.271 e. The molecule has 31 heavy (non-hydrogen) atoms. The molecule has 0 saturated heterocycles. The van der Waals surface area contributed by atoms with Crippen LogP contribution in [0, 0.1) is 5.82 Å². The maximum atomic E-state index is 12.9. The minimum Gasteiger partial charge on any atom is -0.495 e. The summed E-state index contributed by atoms with van der Waals surface area (Å²) in [5.41, 5.74) is 3.94. The van der Waals surface area contributed by atoms with Crippen LogP contribution in [0.2, 0.25) is 0 Å². The van der Waals surface area contributed by atoms with Crippen molar-refractivity contribution in [3.63, 3.8) is 0 Å². The highest BCUT2D eigenvalue weighted by Gasteiger charge is 2.08. The van der Waals surface area contributed by atoms with Gasteiger partial charge in [-0.25, -0.2) is 9.82 Å². The first-order valence-corrected chi connectivity index (χ1v) is 9.30. The van der Waals surface area contributed by atoms with E-state index >= 15 is 0 Å². The number of anilines is 1. The third-order valence-corrected chi connectivity index (χ3v) is 4.12. The summed E-state index contributed by atoms with van der Waals surface area (Å²) in [6, 6.07) is 19.0. The Balaban J connectivity index is 1.47. The first-order valence-electron chi connectivity index (χ1n) is 9.30. The van der Waals surface area contributed by atoms with Gasteiger partial charge in [0, 0.05) is 5.56 Å². The van der Waals surface area contributed by atoms with Crippen molar-refractivity contribution in [1.82, 2.24) is 5.43 Å². The van der Waals surface area contributed by atoms with Crippen LogP contribution in [0.1, 0.15) is 15.9 Å². The van der Waals surface area contributed by atoms with Crippen LogP contribution in [0.5, 0.6) is 11.5 Å². The molecule has 7 nitrogen and oxygen atoms in total. The Morgan fingerprint density at radius 2 is 1.71 bits per heavy atom. The number of carbonyl (C=O) groups excluding carboxylic acids is 2. The van der Waals surface area contributed by atoms with E-state index in [9.17, 15) is 14.0 Å². The van der Waals surface area contributed by atoms with Crippen molar-refractivity contribution in [3.05, 3.63) is 89.7 Å². The van der Waals surface area contributed by atoms with Gasteiger partial charge in [-0.1, -0.05) is 12.1 Å². The monoisotopic (exact) mass is 421 g/mol. The van der Waals surface area contributed by atoms with Crippen molar-refractivity contribution in [2.45, 2.75) is 0 Å². The standard InChI is InChI=1S/C23H20FN3O4/c1-30-21-5-3-2-4-20(21)26-22(28)15-31-19-12-6-16(7-13-19)14-25-27-23(29)17-8-10-18(24)11-9-17/h2-14H,15H2,1H3,(H,26,28)(H,27,29)/b25-14+. The van der Waals surface area contributed by atoms with E-state index in [1.807, 2.05) is 6.07 Å². The number of hydrogen-bond donors (Lipinski definition) is 2. The van der Waals surface area contributed by atoms with Crippen molar-refractivity contribution >= 4 is 23.7 Å². The zero-order valence-corrected chi connectivity index (χ0v) is 16.7. The van der Waals surface area contributed by atoms with Gasteiger partial charge in [0.15, 0.2) is 6.61 Å². The maximum absolute atomic E-state index is 12.9. The van der Waals surface area contributed by atoms with Gasteiger partial charge < -0.3 is 14.8 Å². The highest BCUT2D eigenvalue weighted by molar-refractivity contribution is 5.95. The topological polar surface area (TPSA) is 89.0 Å². The highest BCUT2D eigenvalue weighted by Crippen LogP contribution is 2.22. The fourth-order valence-electron chi connectivity index (χ4n) is 2.56. The molecule has 3 aromatic rings. The summed E-state index contributed by atoms with van der Waals surface area (Å²) in [6.07, 6.45) is 1.46. The largest absolute Gasteiger partial charge is 0.495 e. The van der Waals surface area contributed by atoms with Gasteiger partial charge in [0.25, 0.3) is 11.8 Å². The number of hydrazone groups is 1. The molecule has 0 radical (unpaired) electrons. The van der Waals surface area contributed by atoms with E-state index in [1.54, 1.807) is 42.5 Å². The molecule has 0 atom stereocenters. The number of halogens is 1. The molecule has 0 aliphatic rings. The van der Waals surface area contributed by atoms with Gasteiger partial charge in [-0.3, -0.25) is 9.59 Å². The second-order valence-electron chi connectivity index (χ2n) is 6.31. The van der Waals surface area contributed by atoms with Gasteiger partial charge >= 0.3 is 0 Å². The van der Waals surface area contributed by atoms with Crippen LogP contribution in [-0.4, -0.2) is 31.7 Å². The van der Waals surface area contributed by atoms with E-state index in [4.69, 9.17) is 9.47 Å². The van der Waals surface area contributed by atoms with Gasteiger partial charge in [-0.05, 0) is 66.2 Å². The lowest BCUT2D eigenvalue weighted by Crippen LogP contribution is -2.20. The van der Waals surface area contributed by atoms with E-state index < -0.39 is 11.7 Å². The van der Waals surface area contributed by atoms with Crippen LogP contribution in [0.15, 0.2) is 77.9 Å². The molecule has 3 aromatic carbocycles. The molecule has 158 valence electrons. The number of ether oxygens (including phenoxy) is 2. The summed E-state index contributed by atoms with van der Waals surface area (Å²) in [5, 5.41) is 6.60. The Hall–Kier alpha value is -4.20. The van der Waals surface area contributed by atoms with Crippen LogP contribution in [0.25, 0.3) is 0 Å². The number of methoxy groups -OCH3 is 1. The smallest absolute Gasteiger partial charge is 0.271 e. The third kappa shape index (κ3) is 6.40. The van der Waals surface area contributed by atoms with E-state index in [0.717, 1.165) is 0 Å². The summed E-state index contributed by atoms with van der Waals surface area (Å²) >= 11 is 0. The van der Waals surface area contributed by atoms with Crippen molar-refractivity contribution in [1.29, 1.82) is 0 Å². The number of para-hydroxylation sites is 2. The Bertz CT molecular complexity index is 1070. The molecule has 0 unspecified atom stereocenters. The summed E-state index contributed by atoms with van der Waals surface area (Å²) < 4.78 is 23.6. The van der Waals surface area contributed by atoms with Gasteiger partial charge in [-0.15, -0.1) is 0 Å². The Morgan fingerprint density at radius 3 is 2.42 bits per heavy atom. The van der Waals surface area contributed by atoms with Crippen molar-refractivity contribution in [3.8, 4) is 11.5 Å². The van der Waals surface area contributed by atoms with E-state index in [0.29, 0.717) is 28.3 Å². The lowest BCUT2D eigenvalue weighted by atomic mass is 10.2. The Morgan fingerprint density at radius 1 is 1.00 bits per heavy atom. The molecule has 0 aliphatic carbocycles. The lowest BCUT2D eigenvalue weighted by molar-refractivity contribution is -0.118. The summed E-state index contributed by atoms with van der Waals surface area (Å²) in [6.45, 7) is -0.167. The Labute approximate surface area is 178 Å². The van der Waals surface area contributed by atoms with Gasteiger partial charge in [-0.2, -0.15) is 5.10 Å². The number of amides is 2. The fraction of sp³-hybridized carbons (Fsp3) is 0.0870. The minimum absolute atomic E-state index is 0.167. The number of hydrogen-bond acceptors (Lipinski definition) is 5. The molecule has 0 aromatic heterocycles. The molecular weight excluding hydrogens is 401 g/mol. The predicted molar refractivity (Wildman–Crippen MR) is 115 cm³/mol. The van der Waals surface area contributed by atoms with Crippen LogP contribution in [0.3, 0.4) is 0 Å². The molecule has 0 spiro atoms. The number of nitrogens with zero attached hydrogens (tertiary/aromatic N) is 1. The van der Waals surface area contributed by atoms with Crippen molar-refractivity contribution in [2.24, 2.45) is 5.10 Å². The third-order valence-electron chi connectivity index (χ3n) is 4.12. The summed E-state index contributed by atoms with van der Waals surface area (Å²) in [7, 11) is 1.53. The number of rotatable bonds is 8. The SMILES string of the molecule is COc1ccccc1NC(=O)COc1ccc(/C=N/NC(=O)c2ccc(F)cc2)cc1. The molecule has 3 rings (SSSR count). The predicted octanol–water partition coefficient (Wildman–Crippen LogP) is 3.62. The Kier molecular flexibility index (Phi) is 7.31. The van der Waals surface area contributed by atoms with E-state index in [-0.39, 0.29) is 12.5 Å². The molecular formula is C23H20FN3O4. The lowest BCUT2D eigenvalue weighted by Gasteiger charge is -2.10. The minimum atomic E-state index is -0.447. The van der Waals surface area contributed by atoms with Gasteiger partial charge in [0.2, 0.25) is 0 Å². The van der Waals surface area contributed by atoms with Crippen molar-refractivity contribution < 1.29 is 23.5 Å². The molecule has 2 N–H and O–H groups in total. The molecule has 2 amide bonds. The fourth-order valence-corrected chi connectivity index (χ4v) is 2.56. The molecule has 0 aliphatic heterocycles. The first-order chi connectivity index (χ1) is 15.0. The molecule has 0 heterocycles. The molecule has 0 fully saturated rings. The zero-order chi connectivity index (χ0) is 22.1. The van der Waals surface area contributed by atoms with E-state index in [1.165, 1.54) is 37.6 Å².